The summed E-state index contributed by atoms with van der Waals surface area (Å²) in [6.07, 6.45) is 2.72. The number of halogens is 1. The summed E-state index contributed by atoms with van der Waals surface area (Å²) in [5, 5.41) is 11.7. The summed E-state index contributed by atoms with van der Waals surface area (Å²) in [5.41, 5.74) is 0.810. The molecule has 1 aromatic rings. The zero-order valence-corrected chi connectivity index (χ0v) is 13.3. The average molecular weight is 358 g/mol. The van der Waals surface area contributed by atoms with Gasteiger partial charge in [0.15, 0.2) is 0 Å². The lowest BCUT2D eigenvalue weighted by atomic mass is 9.98. The number of benzene rings is 1. The highest BCUT2D eigenvalue weighted by Gasteiger charge is 2.18. The van der Waals surface area contributed by atoms with Gasteiger partial charge in [0.05, 0.1) is 11.3 Å². The first-order valence-corrected chi connectivity index (χ1v) is 8.41. The van der Waals surface area contributed by atoms with Crippen molar-refractivity contribution in [1.29, 1.82) is 0 Å². The van der Waals surface area contributed by atoms with Crippen LogP contribution in [-0.2, 0) is 4.79 Å². The smallest absolute Gasteiger partial charge is 0.335 e. The number of hydrogen-bond donors (Lipinski definition) is 2. The Balaban J connectivity index is 1.95. The molecule has 2 rings (SSSR count). The minimum absolute atomic E-state index is 0.00863. The van der Waals surface area contributed by atoms with Gasteiger partial charge in [-0.1, -0.05) is 0 Å². The fraction of sp³-hybridized carbons (Fsp3) is 0.429. The van der Waals surface area contributed by atoms with Gasteiger partial charge < -0.3 is 10.4 Å². The molecule has 20 heavy (non-hydrogen) atoms. The number of thioether (sulfide) groups is 1. The monoisotopic (exact) mass is 357 g/mol. The van der Waals surface area contributed by atoms with E-state index in [-0.39, 0.29) is 11.5 Å². The molecule has 0 spiro atoms. The second-order valence-corrected chi connectivity index (χ2v) is 6.89. The van der Waals surface area contributed by atoms with Gasteiger partial charge in [-0.2, -0.15) is 11.8 Å². The van der Waals surface area contributed by atoms with E-state index in [1.165, 1.54) is 12.1 Å². The number of carboxylic acids is 1. The van der Waals surface area contributed by atoms with Crippen LogP contribution < -0.4 is 5.32 Å². The van der Waals surface area contributed by atoms with Crippen molar-refractivity contribution >= 4 is 45.3 Å². The molecule has 2 N–H and O–H groups in total. The van der Waals surface area contributed by atoms with Gasteiger partial charge in [0.1, 0.15) is 0 Å². The Hall–Kier alpha value is -1.01. The Morgan fingerprint density at radius 3 is 2.65 bits per heavy atom. The van der Waals surface area contributed by atoms with Gasteiger partial charge >= 0.3 is 5.97 Å². The van der Waals surface area contributed by atoms with Crippen LogP contribution in [0.5, 0.6) is 0 Å². The third-order valence-corrected chi connectivity index (χ3v) is 5.01. The second-order valence-electron chi connectivity index (χ2n) is 4.81. The molecule has 1 aromatic carbocycles. The average Bonchev–Trinajstić information content (AvgIpc) is 2.42. The van der Waals surface area contributed by atoms with Crippen molar-refractivity contribution in [3.05, 3.63) is 28.2 Å². The molecule has 108 valence electrons. The Bertz CT molecular complexity index is 515. The number of hydrogen-bond acceptors (Lipinski definition) is 3. The number of aromatic carboxylic acids is 1. The molecular formula is C14H16BrNO3S. The Morgan fingerprint density at radius 1 is 1.35 bits per heavy atom. The lowest BCUT2D eigenvalue weighted by Gasteiger charge is -2.20. The zero-order valence-electron chi connectivity index (χ0n) is 10.9. The van der Waals surface area contributed by atoms with Crippen LogP contribution in [0.4, 0.5) is 5.69 Å². The van der Waals surface area contributed by atoms with Crippen LogP contribution in [-0.4, -0.2) is 28.5 Å². The first-order valence-electron chi connectivity index (χ1n) is 6.46. The largest absolute Gasteiger partial charge is 0.478 e. The van der Waals surface area contributed by atoms with Gasteiger partial charge in [0.25, 0.3) is 0 Å². The fourth-order valence-corrected chi connectivity index (χ4v) is 3.85. The first kappa shape index (κ1) is 15.4. The molecule has 1 fully saturated rings. The van der Waals surface area contributed by atoms with Crippen LogP contribution in [0.25, 0.3) is 0 Å². The standard InChI is InChI=1S/C14H16BrNO3S/c15-11-8-10(14(18)19)1-2-12(11)16-13(17)7-9-3-5-20-6-4-9/h1-2,8-9H,3-7H2,(H,16,17)(H,18,19). The van der Waals surface area contributed by atoms with E-state index in [1.807, 2.05) is 11.8 Å². The molecular weight excluding hydrogens is 342 g/mol. The van der Waals surface area contributed by atoms with Crippen LogP contribution in [0.1, 0.15) is 29.6 Å². The molecule has 1 aliphatic heterocycles. The number of carbonyl (C=O) groups is 2. The summed E-state index contributed by atoms with van der Waals surface area (Å²) >= 11 is 5.23. The lowest BCUT2D eigenvalue weighted by Crippen LogP contribution is -2.19. The SMILES string of the molecule is O=C(CC1CCSCC1)Nc1ccc(C(=O)O)cc1Br. The number of carboxylic acid groups (broad SMARTS) is 1. The van der Waals surface area contributed by atoms with Gasteiger partial charge in [-0.05, 0) is 64.4 Å². The van der Waals surface area contributed by atoms with Gasteiger partial charge in [0.2, 0.25) is 5.91 Å². The van der Waals surface area contributed by atoms with Crippen LogP contribution in [0, 0.1) is 5.92 Å². The summed E-state index contributed by atoms with van der Waals surface area (Å²) in [6.45, 7) is 0. The molecule has 1 amide bonds. The van der Waals surface area contributed by atoms with Crippen LogP contribution in [0.3, 0.4) is 0 Å². The van der Waals surface area contributed by atoms with Crippen molar-refractivity contribution in [1.82, 2.24) is 0 Å². The molecule has 4 nitrogen and oxygen atoms in total. The van der Waals surface area contributed by atoms with Crippen molar-refractivity contribution in [2.75, 3.05) is 16.8 Å². The molecule has 1 saturated heterocycles. The third kappa shape index (κ3) is 4.24. The second kappa shape index (κ2) is 7.13. The van der Waals surface area contributed by atoms with Crippen molar-refractivity contribution in [2.45, 2.75) is 19.3 Å². The minimum Gasteiger partial charge on any atom is -0.478 e. The number of amides is 1. The molecule has 0 aromatic heterocycles. The number of anilines is 1. The van der Waals surface area contributed by atoms with E-state index in [1.54, 1.807) is 6.07 Å². The topological polar surface area (TPSA) is 66.4 Å². The van der Waals surface area contributed by atoms with E-state index in [2.05, 4.69) is 21.2 Å². The molecule has 0 radical (unpaired) electrons. The first-order chi connectivity index (χ1) is 9.56. The molecule has 0 saturated carbocycles. The van der Waals surface area contributed by atoms with E-state index in [0.717, 1.165) is 24.3 Å². The Morgan fingerprint density at radius 2 is 2.05 bits per heavy atom. The molecule has 6 heteroatoms. The van der Waals surface area contributed by atoms with Crippen molar-refractivity contribution < 1.29 is 14.7 Å². The summed E-state index contributed by atoms with van der Waals surface area (Å²) in [4.78, 5) is 22.8. The number of rotatable bonds is 4. The highest BCUT2D eigenvalue weighted by Crippen LogP contribution is 2.27. The van der Waals surface area contributed by atoms with Crippen molar-refractivity contribution in [3.8, 4) is 0 Å². The van der Waals surface area contributed by atoms with Gasteiger partial charge in [-0.3, -0.25) is 4.79 Å². The Labute approximate surface area is 130 Å². The van der Waals surface area contributed by atoms with E-state index in [4.69, 9.17) is 5.11 Å². The number of nitrogens with one attached hydrogen (secondary N) is 1. The highest BCUT2D eigenvalue weighted by atomic mass is 79.9. The van der Waals surface area contributed by atoms with Crippen molar-refractivity contribution in [3.63, 3.8) is 0 Å². The maximum absolute atomic E-state index is 12.0. The minimum atomic E-state index is -0.983. The van der Waals surface area contributed by atoms with Gasteiger partial charge in [-0.15, -0.1) is 0 Å². The predicted molar refractivity (Wildman–Crippen MR) is 84.4 cm³/mol. The predicted octanol–water partition coefficient (Wildman–Crippen LogP) is 3.62. The van der Waals surface area contributed by atoms with E-state index < -0.39 is 5.97 Å². The molecule has 0 aliphatic carbocycles. The van der Waals surface area contributed by atoms with Crippen molar-refractivity contribution in [2.24, 2.45) is 5.92 Å². The zero-order chi connectivity index (χ0) is 14.5. The summed E-state index contributed by atoms with van der Waals surface area (Å²) < 4.78 is 0.588. The maximum Gasteiger partial charge on any atom is 0.335 e. The van der Waals surface area contributed by atoms with Gasteiger partial charge in [-0.25, -0.2) is 4.79 Å². The molecule has 0 atom stereocenters. The lowest BCUT2D eigenvalue weighted by molar-refractivity contribution is -0.117. The van der Waals surface area contributed by atoms with Crippen LogP contribution in [0.2, 0.25) is 0 Å². The fourth-order valence-electron chi connectivity index (χ4n) is 2.16. The van der Waals surface area contributed by atoms with Crippen LogP contribution in [0.15, 0.2) is 22.7 Å². The summed E-state index contributed by atoms with van der Waals surface area (Å²) in [5.74, 6) is 1.74. The molecule has 1 heterocycles. The quantitative estimate of drug-likeness (QED) is 0.863. The van der Waals surface area contributed by atoms with E-state index >= 15 is 0 Å². The van der Waals surface area contributed by atoms with Crippen LogP contribution >= 0.6 is 27.7 Å². The highest BCUT2D eigenvalue weighted by molar-refractivity contribution is 9.10. The summed E-state index contributed by atoms with van der Waals surface area (Å²) in [7, 11) is 0. The number of carbonyl (C=O) groups excluding carboxylic acids is 1. The molecule has 0 bridgehead atoms. The van der Waals surface area contributed by atoms with E-state index in [0.29, 0.717) is 22.5 Å². The normalized spacial score (nSPS) is 15.8. The van der Waals surface area contributed by atoms with E-state index in [9.17, 15) is 9.59 Å². The van der Waals surface area contributed by atoms with Gasteiger partial charge in [0, 0.05) is 10.9 Å². The Kier molecular flexibility index (Phi) is 5.48. The molecule has 1 aliphatic rings. The third-order valence-electron chi connectivity index (χ3n) is 3.31. The summed E-state index contributed by atoms with van der Waals surface area (Å²) in [6, 6.07) is 4.59. The maximum atomic E-state index is 12.0. The molecule has 0 unspecified atom stereocenters.